The SMILES string of the molecule is CC(=O)c1cc(C(=O)O[C@H](C)C(=O)Nc2cccc(Cl)c2)n(C)c1. The highest BCUT2D eigenvalue weighted by Crippen LogP contribution is 2.16. The van der Waals surface area contributed by atoms with Crippen molar-refractivity contribution in [3.05, 3.63) is 52.8 Å². The van der Waals surface area contributed by atoms with E-state index >= 15 is 0 Å². The molecule has 0 saturated heterocycles. The van der Waals surface area contributed by atoms with Crippen molar-refractivity contribution in [3.8, 4) is 0 Å². The van der Waals surface area contributed by atoms with Gasteiger partial charge in [-0.2, -0.15) is 0 Å². The Bertz CT molecular complexity index is 798. The van der Waals surface area contributed by atoms with E-state index < -0.39 is 18.0 Å². The lowest BCUT2D eigenvalue weighted by Gasteiger charge is -2.14. The molecule has 0 bridgehead atoms. The number of rotatable bonds is 5. The Morgan fingerprint density at radius 2 is 1.96 bits per heavy atom. The second kappa shape index (κ2) is 7.31. The molecule has 1 heterocycles. The molecule has 0 aliphatic heterocycles. The molecule has 1 N–H and O–H groups in total. The Morgan fingerprint density at radius 1 is 1.25 bits per heavy atom. The fourth-order valence-electron chi connectivity index (χ4n) is 2.04. The normalized spacial score (nSPS) is 11.7. The Morgan fingerprint density at radius 3 is 2.54 bits per heavy atom. The Labute approximate surface area is 144 Å². The summed E-state index contributed by atoms with van der Waals surface area (Å²) < 4.78 is 6.65. The van der Waals surface area contributed by atoms with Crippen LogP contribution >= 0.6 is 11.6 Å². The molecule has 0 radical (unpaired) electrons. The van der Waals surface area contributed by atoms with Gasteiger partial charge in [0.15, 0.2) is 11.9 Å². The van der Waals surface area contributed by atoms with Gasteiger partial charge >= 0.3 is 5.97 Å². The fraction of sp³-hybridized carbons (Fsp3) is 0.235. The standard InChI is InChI=1S/C17H17ClN2O4/c1-10(21)12-7-15(20(3)9-12)17(23)24-11(2)16(22)19-14-6-4-5-13(18)8-14/h4-9,11H,1-3H3,(H,19,22)/t11-/m1/s1. The number of amides is 1. The van der Waals surface area contributed by atoms with Crippen molar-refractivity contribution >= 4 is 34.9 Å². The van der Waals surface area contributed by atoms with Crippen molar-refractivity contribution < 1.29 is 19.1 Å². The summed E-state index contributed by atoms with van der Waals surface area (Å²) in [6, 6.07) is 8.08. The number of esters is 1. The lowest BCUT2D eigenvalue weighted by atomic mass is 10.2. The van der Waals surface area contributed by atoms with E-state index in [9.17, 15) is 14.4 Å². The van der Waals surface area contributed by atoms with Crippen LogP contribution in [0.2, 0.25) is 5.02 Å². The van der Waals surface area contributed by atoms with Crippen LogP contribution in [0.4, 0.5) is 5.69 Å². The minimum atomic E-state index is -1.01. The summed E-state index contributed by atoms with van der Waals surface area (Å²) in [6.07, 6.45) is 0.530. The van der Waals surface area contributed by atoms with Gasteiger partial charge in [-0.25, -0.2) is 4.79 Å². The van der Waals surface area contributed by atoms with Crippen LogP contribution in [0.3, 0.4) is 0 Å². The summed E-state index contributed by atoms with van der Waals surface area (Å²) in [7, 11) is 1.62. The largest absolute Gasteiger partial charge is 0.448 e. The molecule has 1 aromatic carbocycles. The van der Waals surface area contributed by atoms with Crippen LogP contribution in [0.15, 0.2) is 36.5 Å². The smallest absolute Gasteiger partial charge is 0.355 e. The van der Waals surface area contributed by atoms with Gasteiger partial charge in [0.2, 0.25) is 0 Å². The fourth-order valence-corrected chi connectivity index (χ4v) is 2.23. The van der Waals surface area contributed by atoms with Crippen molar-refractivity contribution in [1.29, 1.82) is 0 Å². The predicted octanol–water partition coefficient (Wildman–Crippen LogP) is 3.07. The molecule has 6 nitrogen and oxygen atoms in total. The number of nitrogens with zero attached hydrogens (tertiary/aromatic N) is 1. The van der Waals surface area contributed by atoms with Crippen LogP contribution in [-0.4, -0.2) is 28.3 Å². The summed E-state index contributed by atoms with van der Waals surface area (Å²) in [5.74, 6) is -1.32. The highest BCUT2D eigenvalue weighted by molar-refractivity contribution is 6.30. The van der Waals surface area contributed by atoms with Crippen LogP contribution < -0.4 is 5.32 Å². The summed E-state index contributed by atoms with van der Waals surface area (Å²) in [6.45, 7) is 2.87. The first-order valence-electron chi connectivity index (χ1n) is 7.22. The van der Waals surface area contributed by atoms with Gasteiger partial charge in [-0.1, -0.05) is 17.7 Å². The average molecular weight is 349 g/mol. The first-order chi connectivity index (χ1) is 11.3. The van der Waals surface area contributed by atoms with Gasteiger partial charge in [-0.3, -0.25) is 9.59 Å². The maximum absolute atomic E-state index is 12.2. The van der Waals surface area contributed by atoms with Gasteiger partial charge in [-0.05, 0) is 38.1 Å². The summed E-state index contributed by atoms with van der Waals surface area (Å²) >= 11 is 5.85. The van der Waals surface area contributed by atoms with Gasteiger partial charge in [0, 0.05) is 29.5 Å². The van der Waals surface area contributed by atoms with Crippen molar-refractivity contribution in [3.63, 3.8) is 0 Å². The number of ether oxygens (including phenoxy) is 1. The third-order valence-electron chi connectivity index (χ3n) is 3.37. The third kappa shape index (κ3) is 4.23. The zero-order valence-electron chi connectivity index (χ0n) is 13.5. The molecular weight excluding hydrogens is 332 g/mol. The number of anilines is 1. The lowest BCUT2D eigenvalue weighted by Crippen LogP contribution is -2.30. The zero-order valence-corrected chi connectivity index (χ0v) is 14.3. The molecule has 0 saturated carbocycles. The van der Waals surface area contributed by atoms with Gasteiger partial charge in [0.25, 0.3) is 5.91 Å². The maximum Gasteiger partial charge on any atom is 0.355 e. The van der Waals surface area contributed by atoms with E-state index in [0.29, 0.717) is 16.3 Å². The molecule has 126 valence electrons. The highest BCUT2D eigenvalue weighted by Gasteiger charge is 2.22. The molecule has 24 heavy (non-hydrogen) atoms. The average Bonchev–Trinajstić information content (AvgIpc) is 2.89. The van der Waals surface area contributed by atoms with E-state index in [1.807, 2.05) is 0 Å². The Hall–Kier alpha value is -2.60. The quantitative estimate of drug-likeness (QED) is 0.665. The topological polar surface area (TPSA) is 77.4 Å². The zero-order chi connectivity index (χ0) is 17.9. The molecule has 1 atom stereocenters. The minimum absolute atomic E-state index is 0.156. The molecule has 0 unspecified atom stereocenters. The molecular formula is C17H17ClN2O4. The molecule has 1 aromatic heterocycles. The minimum Gasteiger partial charge on any atom is -0.448 e. The molecule has 7 heteroatoms. The number of carbonyl (C=O) groups is 3. The molecule has 1 amide bonds. The van der Waals surface area contributed by atoms with E-state index in [0.717, 1.165) is 0 Å². The number of Topliss-reactive ketones (excluding diaryl/α,β-unsaturated/α-hetero) is 1. The first-order valence-corrected chi connectivity index (χ1v) is 7.60. The van der Waals surface area contributed by atoms with E-state index in [1.165, 1.54) is 30.7 Å². The van der Waals surface area contributed by atoms with Crippen LogP contribution in [0, 0.1) is 0 Å². The number of nitrogens with one attached hydrogen (secondary N) is 1. The second-order valence-electron chi connectivity index (χ2n) is 5.33. The molecule has 2 aromatic rings. The number of carbonyl (C=O) groups excluding carboxylic acids is 3. The number of halogens is 1. The Kier molecular flexibility index (Phi) is 5.41. The van der Waals surface area contributed by atoms with Crippen molar-refractivity contribution in [1.82, 2.24) is 4.57 Å². The molecule has 0 aliphatic carbocycles. The van der Waals surface area contributed by atoms with Gasteiger partial charge in [0.1, 0.15) is 5.69 Å². The van der Waals surface area contributed by atoms with Gasteiger partial charge in [0.05, 0.1) is 0 Å². The van der Waals surface area contributed by atoms with Gasteiger partial charge < -0.3 is 14.6 Å². The predicted molar refractivity (Wildman–Crippen MR) is 90.4 cm³/mol. The van der Waals surface area contributed by atoms with E-state index in [2.05, 4.69) is 5.32 Å². The second-order valence-corrected chi connectivity index (χ2v) is 5.76. The van der Waals surface area contributed by atoms with Crippen LogP contribution in [-0.2, 0) is 16.6 Å². The van der Waals surface area contributed by atoms with Crippen molar-refractivity contribution in [2.45, 2.75) is 20.0 Å². The maximum atomic E-state index is 12.2. The van der Waals surface area contributed by atoms with Crippen LogP contribution in [0.1, 0.15) is 34.7 Å². The highest BCUT2D eigenvalue weighted by atomic mass is 35.5. The van der Waals surface area contributed by atoms with E-state index in [1.54, 1.807) is 31.3 Å². The van der Waals surface area contributed by atoms with Crippen LogP contribution in [0.25, 0.3) is 0 Å². The number of aromatic nitrogens is 1. The summed E-state index contributed by atoms with van der Waals surface area (Å²) in [5, 5.41) is 3.10. The number of benzene rings is 1. The number of hydrogen-bond donors (Lipinski definition) is 1. The first kappa shape index (κ1) is 17.7. The van der Waals surface area contributed by atoms with Crippen molar-refractivity contribution in [2.24, 2.45) is 7.05 Å². The number of aryl methyl sites for hydroxylation is 1. The molecule has 0 spiro atoms. The van der Waals surface area contributed by atoms with E-state index in [4.69, 9.17) is 16.3 Å². The monoisotopic (exact) mass is 348 g/mol. The third-order valence-corrected chi connectivity index (χ3v) is 3.60. The number of ketones is 1. The number of hydrogen-bond acceptors (Lipinski definition) is 4. The summed E-state index contributed by atoms with van der Waals surface area (Å²) in [4.78, 5) is 35.6. The Balaban J connectivity index is 2.03. The lowest BCUT2D eigenvalue weighted by molar-refractivity contribution is -0.123. The van der Waals surface area contributed by atoms with Crippen molar-refractivity contribution in [2.75, 3.05) is 5.32 Å². The molecule has 0 aliphatic rings. The van der Waals surface area contributed by atoms with Crippen LogP contribution in [0.5, 0.6) is 0 Å². The van der Waals surface area contributed by atoms with E-state index in [-0.39, 0.29) is 11.5 Å². The molecule has 2 rings (SSSR count). The van der Waals surface area contributed by atoms with Gasteiger partial charge in [-0.15, -0.1) is 0 Å². The molecule has 0 fully saturated rings. The summed E-state index contributed by atoms with van der Waals surface area (Å²) in [5.41, 5.74) is 1.11.